The molecule has 0 amide bonds. The molecular formula is C13H25NO. The van der Waals surface area contributed by atoms with E-state index >= 15 is 0 Å². The number of nitrogens with one attached hydrogen (secondary N) is 1. The molecule has 0 radical (unpaired) electrons. The molecule has 88 valence electrons. The molecule has 2 N–H and O–H groups in total. The summed E-state index contributed by atoms with van der Waals surface area (Å²) >= 11 is 0. The standard InChI is InChI=1S/C13H25NO/c1-2-3-8-11-14-12-13(15)9-6-4-5-7-10-13/h2-3,14-15H,4-12H2,1H3/b3-2+. The van der Waals surface area contributed by atoms with Gasteiger partial charge in [0.05, 0.1) is 5.60 Å². The number of rotatable bonds is 5. The molecule has 2 heteroatoms. The van der Waals surface area contributed by atoms with E-state index in [4.69, 9.17) is 0 Å². The monoisotopic (exact) mass is 211 g/mol. The molecule has 0 heterocycles. The fourth-order valence-corrected chi connectivity index (χ4v) is 2.24. The molecule has 1 aliphatic rings. The Morgan fingerprint density at radius 3 is 2.47 bits per heavy atom. The first kappa shape index (κ1) is 12.7. The lowest BCUT2D eigenvalue weighted by atomic mass is 9.94. The molecule has 1 fully saturated rings. The van der Waals surface area contributed by atoms with E-state index in [1.807, 2.05) is 6.92 Å². The van der Waals surface area contributed by atoms with Gasteiger partial charge in [0.15, 0.2) is 0 Å². The summed E-state index contributed by atoms with van der Waals surface area (Å²) in [6.45, 7) is 3.79. The van der Waals surface area contributed by atoms with Gasteiger partial charge >= 0.3 is 0 Å². The minimum Gasteiger partial charge on any atom is -0.389 e. The third-order valence-corrected chi connectivity index (χ3v) is 3.21. The molecule has 0 aromatic carbocycles. The van der Waals surface area contributed by atoms with Gasteiger partial charge in [-0.1, -0.05) is 37.8 Å². The molecule has 0 saturated heterocycles. The Balaban J connectivity index is 2.16. The van der Waals surface area contributed by atoms with Gasteiger partial charge in [-0.25, -0.2) is 0 Å². The van der Waals surface area contributed by atoms with Crippen LogP contribution < -0.4 is 5.32 Å². The summed E-state index contributed by atoms with van der Waals surface area (Å²) in [4.78, 5) is 0. The predicted octanol–water partition coefficient (Wildman–Crippen LogP) is 2.63. The molecule has 0 aromatic heterocycles. The molecule has 1 saturated carbocycles. The zero-order valence-corrected chi connectivity index (χ0v) is 9.97. The summed E-state index contributed by atoms with van der Waals surface area (Å²) in [6.07, 6.45) is 12.2. The first-order valence-corrected chi connectivity index (χ1v) is 6.31. The van der Waals surface area contributed by atoms with Crippen molar-refractivity contribution in [3.8, 4) is 0 Å². The molecule has 0 atom stereocenters. The second kappa shape index (κ2) is 7.02. The Hall–Kier alpha value is -0.340. The number of allylic oxidation sites excluding steroid dienone is 1. The van der Waals surface area contributed by atoms with Gasteiger partial charge in [0.1, 0.15) is 0 Å². The van der Waals surface area contributed by atoms with Crippen molar-refractivity contribution in [3.05, 3.63) is 12.2 Å². The van der Waals surface area contributed by atoms with Crippen molar-refractivity contribution >= 4 is 0 Å². The SMILES string of the molecule is C/C=C/CCNCC1(O)CCCCCC1. The van der Waals surface area contributed by atoms with E-state index in [-0.39, 0.29) is 0 Å². The van der Waals surface area contributed by atoms with Crippen molar-refractivity contribution in [1.29, 1.82) is 0 Å². The molecule has 15 heavy (non-hydrogen) atoms. The minimum atomic E-state index is -0.424. The summed E-state index contributed by atoms with van der Waals surface area (Å²) in [5, 5.41) is 13.7. The molecule has 2 nitrogen and oxygen atoms in total. The number of hydrogen-bond donors (Lipinski definition) is 2. The Morgan fingerprint density at radius 2 is 1.87 bits per heavy atom. The fraction of sp³-hybridized carbons (Fsp3) is 0.846. The highest BCUT2D eigenvalue weighted by Gasteiger charge is 2.26. The summed E-state index contributed by atoms with van der Waals surface area (Å²) in [7, 11) is 0. The number of aliphatic hydroxyl groups is 1. The highest BCUT2D eigenvalue weighted by atomic mass is 16.3. The fourth-order valence-electron chi connectivity index (χ4n) is 2.24. The first-order valence-electron chi connectivity index (χ1n) is 6.31. The average molecular weight is 211 g/mol. The third-order valence-electron chi connectivity index (χ3n) is 3.21. The second-order valence-electron chi connectivity index (χ2n) is 4.67. The highest BCUT2D eigenvalue weighted by molar-refractivity contribution is 4.84. The van der Waals surface area contributed by atoms with Gasteiger partial charge in [-0.05, 0) is 32.7 Å². The van der Waals surface area contributed by atoms with Crippen molar-refractivity contribution in [2.24, 2.45) is 0 Å². The molecule has 0 spiro atoms. The smallest absolute Gasteiger partial charge is 0.0771 e. The maximum atomic E-state index is 10.3. The van der Waals surface area contributed by atoms with Gasteiger partial charge in [-0.2, -0.15) is 0 Å². The summed E-state index contributed by atoms with van der Waals surface area (Å²) < 4.78 is 0. The van der Waals surface area contributed by atoms with Crippen molar-refractivity contribution in [2.45, 2.75) is 57.5 Å². The van der Waals surface area contributed by atoms with Crippen LogP contribution in [0, 0.1) is 0 Å². The van der Waals surface area contributed by atoms with Crippen LogP contribution in [-0.4, -0.2) is 23.8 Å². The minimum absolute atomic E-state index is 0.424. The van der Waals surface area contributed by atoms with Gasteiger partial charge in [0.2, 0.25) is 0 Å². The van der Waals surface area contributed by atoms with Gasteiger partial charge in [-0.15, -0.1) is 0 Å². The van der Waals surface area contributed by atoms with E-state index in [0.29, 0.717) is 0 Å². The van der Waals surface area contributed by atoms with Crippen LogP contribution in [0.2, 0.25) is 0 Å². The molecule has 0 aliphatic heterocycles. The van der Waals surface area contributed by atoms with Gasteiger partial charge in [0, 0.05) is 6.54 Å². The van der Waals surface area contributed by atoms with E-state index < -0.39 is 5.60 Å². The van der Waals surface area contributed by atoms with E-state index in [2.05, 4.69) is 17.5 Å². The second-order valence-corrected chi connectivity index (χ2v) is 4.67. The Kier molecular flexibility index (Phi) is 5.96. The summed E-state index contributed by atoms with van der Waals surface area (Å²) in [5.74, 6) is 0. The van der Waals surface area contributed by atoms with Crippen LogP contribution in [-0.2, 0) is 0 Å². The average Bonchev–Trinajstić information content (AvgIpc) is 2.43. The predicted molar refractivity (Wildman–Crippen MR) is 65.0 cm³/mol. The van der Waals surface area contributed by atoms with E-state index in [1.165, 1.54) is 25.7 Å². The zero-order chi connectivity index (χ0) is 11.0. The van der Waals surface area contributed by atoms with Crippen molar-refractivity contribution < 1.29 is 5.11 Å². The van der Waals surface area contributed by atoms with Crippen LogP contribution in [0.3, 0.4) is 0 Å². The van der Waals surface area contributed by atoms with E-state index in [9.17, 15) is 5.11 Å². The van der Waals surface area contributed by atoms with Crippen LogP contribution in [0.5, 0.6) is 0 Å². The molecule has 0 aromatic rings. The molecule has 0 bridgehead atoms. The maximum absolute atomic E-state index is 10.3. The number of hydrogen-bond acceptors (Lipinski definition) is 2. The molecule has 1 aliphatic carbocycles. The summed E-state index contributed by atoms with van der Waals surface area (Å²) in [5.41, 5.74) is -0.424. The van der Waals surface area contributed by atoms with Crippen LogP contribution in [0.4, 0.5) is 0 Å². The third kappa shape index (κ3) is 5.33. The lowest BCUT2D eigenvalue weighted by molar-refractivity contribution is 0.0256. The molecule has 0 unspecified atom stereocenters. The van der Waals surface area contributed by atoms with Crippen LogP contribution >= 0.6 is 0 Å². The maximum Gasteiger partial charge on any atom is 0.0771 e. The Labute approximate surface area is 93.8 Å². The van der Waals surface area contributed by atoms with Crippen LogP contribution in [0.25, 0.3) is 0 Å². The molecular weight excluding hydrogens is 186 g/mol. The lowest BCUT2D eigenvalue weighted by Gasteiger charge is -2.26. The van der Waals surface area contributed by atoms with Crippen molar-refractivity contribution in [1.82, 2.24) is 5.32 Å². The molecule has 1 rings (SSSR count). The Bertz CT molecular complexity index is 181. The summed E-state index contributed by atoms with van der Waals surface area (Å²) in [6, 6.07) is 0. The van der Waals surface area contributed by atoms with E-state index in [0.717, 1.165) is 32.4 Å². The van der Waals surface area contributed by atoms with Crippen molar-refractivity contribution in [2.75, 3.05) is 13.1 Å². The first-order chi connectivity index (χ1) is 7.27. The van der Waals surface area contributed by atoms with Gasteiger partial charge < -0.3 is 10.4 Å². The van der Waals surface area contributed by atoms with Gasteiger partial charge in [0.25, 0.3) is 0 Å². The Morgan fingerprint density at radius 1 is 1.20 bits per heavy atom. The van der Waals surface area contributed by atoms with Crippen LogP contribution in [0.15, 0.2) is 12.2 Å². The largest absolute Gasteiger partial charge is 0.389 e. The van der Waals surface area contributed by atoms with Gasteiger partial charge in [-0.3, -0.25) is 0 Å². The van der Waals surface area contributed by atoms with Crippen LogP contribution in [0.1, 0.15) is 51.9 Å². The quantitative estimate of drug-likeness (QED) is 0.416. The lowest BCUT2D eigenvalue weighted by Crippen LogP contribution is -2.40. The highest BCUT2D eigenvalue weighted by Crippen LogP contribution is 2.26. The normalized spacial score (nSPS) is 21.7. The zero-order valence-electron chi connectivity index (χ0n) is 9.97. The van der Waals surface area contributed by atoms with E-state index in [1.54, 1.807) is 0 Å². The topological polar surface area (TPSA) is 32.3 Å². The van der Waals surface area contributed by atoms with Crippen molar-refractivity contribution in [3.63, 3.8) is 0 Å².